The van der Waals surface area contributed by atoms with Crippen LogP contribution in [0.1, 0.15) is 28.0 Å². The third-order valence-electron chi connectivity index (χ3n) is 4.49. The number of nitrogens with zero attached hydrogens (tertiary/aromatic N) is 4. The Morgan fingerprint density at radius 2 is 2.07 bits per heavy atom. The fourth-order valence-electron chi connectivity index (χ4n) is 3.03. The summed E-state index contributed by atoms with van der Waals surface area (Å²) in [5.74, 6) is 0.219. The van der Waals surface area contributed by atoms with Crippen LogP contribution in [0.5, 0.6) is 5.75 Å². The number of nitrogens with one attached hydrogen (secondary N) is 1. The zero-order valence-corrected chi connectivity index (χ0v) is 17.7. The van der Waals surface area contributed by atoms with E-state index in [-0.39, 0.29) is 17.1 Å². The van der Waals surface area contributed by atoms with E-state index in [0.29, 0.717) is 30.5 Å². The summed E-state index contributed by atoms with van der Waals surface area (Å²) in [6.45, 7) is 2.92. The third-order valence-corrected chi connectivity index (χ3v) is 7.34. The smallest absolute Gasteiger partial charge is 0.277 e. The van der Waals surface area contributed by atoms with E-state index >= 15 is 0 Å². The average Bonchev–Trinajstić information content (AvgIpc) is 3.16. The maximum absolute atomic E-state index is 13.0. The second-order valence-electron chi connectivity index (χ2n) is 6.43. The number of thiazole rings is 1. The van der Waals surface area contributed by atoms with E-state index in [0.717, 1.165) is 10.6 Å². The van der Waals surface area contributed by atoms with Crippen LogP contribution in [0.15, 0.2) is 47.8 Å². The number of amides is 1. The highest BCUT2D eigenvalue weighted by Gasteiger charge is 2.30. The summed E-state index contributed by atoms with van der Waals surface area (Å²) in [6.07, 6.45) is 4.76. The SMILES string of the molecule is CCOc1ccc(S(=O)(=O)N2CCc3nc(NC(=O)c4cnccn4)sc3C2)cc1. The Morgan fingerprint density at radius 1 is 1.27 bits per heavy atom. The zero-order chi connectivity index (χ0) is 21.1. The minimum absolute atomic E-state index is 0.186. The first-order chi connectivity index (χ1) is 14.5. The van der Waals surface area contributed by atoms with E-state index in [4.69, 9.17) is 4.74 Å². The molecule has 4 rings (SSSR count). The molecule has 0 saturated carbocycles. The molecule has 0 radical (unpaired) electrons. The van der Waals surface area contributed by atoms with Gasteiger partial charge in [-0.2, -0.15) is 4.31 Å². The lowest BCUT2D eigenvalue weighted by atomic mass is 10.2. The Labute approximate surface area is 177 Å². The zero-order valence-electron chi connectivity index (χ0n) is 16.1. The van der Waals surface area contributed by atoms with Gasteiger partial charge in [-0.25, -0.2) is 18.4 Å². The Balaban J connectivity index is 1.48. The van der Waals surface area contributed by atoms with Gasteiger partial charge in [-0.1, -0.05) is 0 Å². The van der Waals surface area contributed by atoms with Crippen molar-refractivity contribution in [2.45, 2.75) is 24.8 Å². The molecule has 9 nitrogen and oxygen atoms in total. The monoisotopic (exact) mass is 445 g/mol. The van der Waals surface area contributed by atoms with E-state index < -0.39 is 15.9 Å². The van der Waals surface area contributed by atoms with Gasteiger partial charge in [0.05, 0.1) is 29.9 Å². The van der Waals surface area contributed by atoms with E-state index in [1.165, 1.54) is 34.2 Å². The Morgan fingerprint density at radius 3 is 2.77 bits per heavy atom. The van der Waals surface area contributed by atoms with Crippen LogP contribution in [-0.4, -0.2) is 46.7 Å². The van der Waals surface area contributed by atoms with E-state index in [1.807, 2.05) is 6.92 Å². The Hall–Kier alpha value is -2.89. The fraction of sp³-hybridized carbons (Fsp3) is 0.263. The number of carbonyl (C=O) groups excluding carboxylic acids is 1. The fourth-order valence-corrected chi connectivity index (χ4v) is 5.54. The summed E-state index contributed by atoms with van der Waals surface area (Å²) in [4.78, 5) is 25.5. The summed E-state index contributed by atoms with van der Waals surface area (Å²) in [5, 5.41) is 3.12. The Bertz CT molecular complexity index is 1150. The van der Waals surface area contributed by atoms with Crippen LogP contribution in [0.2, 0.25) is 0 Å². The first-order valence-electron chi connectivity index (χ1n) is 9.26. The van der Waals surface area contributed by atoms with Crippen molar-refractivity contribution in [1.82, 2.24) is 19.3 Å². The van der Waals surface area contributed by atoms with Gasteiger partial charge in [-0.05, 0) is 31.2 Å². The first kappa shape index (κ1) is 20.4. The lowest BCUT2D eigenvalue weighted by Crippen LogP contribution is -2.35. The van der Waals surface area contributed by atoms with E-state index in [2.05, 4.69) is 20.3 Å². The van der Waals surface area contributed by atoms with Gasteiger partial charge in [0, 0.05) is 30.2 Å². The molecule has 1 aromatic carbocycles. The summed E-state index contributed by atoms with van der Waals surface area (Å²) >= 11 is 1.27. The molecule has 0 fully saturated rings. The molecule has 0 bridgehead atoms. The van der Waals surface area contributed by atoms with Crippen molar-refractivity contribution < 1.29 is 17.9 Å². The van der Waals surface area contributed by atoms with Gasteiger partial charge in [0.25, 0.3) is 5.91 Å². The van der Waals surface area contributed by atoms with Crippen molar-refractivity contribution in [2.24, 2.45) is 0 Å². The molecule has 3 aromatic rings. The summed E-state index contributed by atoms with van der Waals surface area (Å²) < 4.78 is 32.8. The number of carbonyl (C=O) groups is 1. The van der Waals surface area contributed by atoms with Crippen LogP contribution in [0.3, 0.4) is 0 Å². The molecular weight excluding hydrogens is 426 g/mol. The van der Waals surface area contributed by atoms with Gasteiger partial charge in [0.15, 0.2) is 5.13 Å². The largest absolute Gasteiger partial charge is 0.494 e. The van der Waals surface area contributed by atoms with Crippen molar-refractivity contribution in [3.63, 3.8) is 0 Å². The molecule has 30 heavy (non-hydrogen) atoms. The van der Waals surface area contributed by atoms with Gasteiger partial charge >= 0.3 is 0 Å². The number of ether oxygens (including phenoxy) is 1. The number of benzene rings is 1. The molecule has 0 atom stereocenters. The maximum atomic E-state index is 13.0. The van der Waals surface area contributed by atoms with Gasteiger partial charge < -0.3 is 4.74 Å². The quantitative estimate of drug-likeness (QED) is 0.619. The molecule has 1 N–H and O–H groups in total. The Kier molecular flexibility index (Phi) is 5.75. The molecular formula is C19H19N5O4S2. The average molecular weight is 446 g/mol. The van der Waals surface area contributed by atoms with Crippen LogP contribution in [-0.2, 0) is 23.0 Å². The number of sulfonamides is 1. The highest BCUT2D eigenvalue weighted by Crippen LogP contribution is 2.31. The second-order valence-corrected chi connectivity index (χ2v) is 9.45. The van der Waals surface area contributed by atoms with Crippen LogP contribution in [0.25, 0.3) is 0 Å². The number of rotatable bonds is 6. The van der Waals surface area contributed by atoms with Gasteiger partial charge in [-0.15, -0.1) is 11.3 Å². The number of fused-ring (bicyclic) bond motifs is 1. The van der Waals surface area contributed by atoms with E-state index in [1.54, 1.807) is 24.3 Å². The van der Waals surface area contributed by atoms with Crippen molar-refractivity contribution in [3.8, 4) is 5.75 Å². The van der Waals surface area contributed by atoms with Crippen LogP contribution >= 0.6 is 11.3 Å². The van der Waals surface area contributed by atoms with Crippen LogP contribution in [0.4, 0.5) is 5.13 Å². The number of aromatic nitrogens is 3. The molecule has 1 aliphatic heterocycles. The van der Waals surface area contributed by atoms with E-state index in [9.17, 15) is 13.2 Å². The lowest BCUT2D eigenvalue weighted by Gasteiger charge is -2.25. The summed E-state index contributed by atoms with van der Waals surface area (Å²) in [7, 11) is -3.64. The van der Waals surface area contributed by atoms with Crippen molar-refractivity contribution in [1.29, 1.82) is 0 Å². The molecule has 1 aliphatic rings. The molecule has 0 unspecified atom stereocenters. The maximum Gasteiger partial charge on any atom is 0.277 e. The van der Waals surface area contributed by atoms with Crippen molar-refractivity contribution >= 4 is 32.4 Å². The minimum Gasteiger partial charge on any atom is -0.494 e. The first-order valence-corrected chi connectivity index (χ1v) is 11.5. The van der Waals surface area contributed by atoms with Gasteiger partial charge in [0.2, 0.25) is 10.0 Å². The highest BCUT2D eigenvalue weighted by molar-refractivity contribution is 7.89. The number of anilines is 1. The molecule has 3 heterocycles. The lowest BCUT2D eigenvalue weighted by molar-refractivity contribution is 0.102. The van der Waals surface area contributed by atoms with Crippen molar-refractivity contribution in [3.05, 3.63) is 59.1 Å². The predicted octanol–water partition coefficient (Wildman–Crippen LogP) is 2.33. The molecule has 2 aromatic heterocycles. The molecule has 0 aliphatic carbocycles. The van der Waals surface area contributed by atoms with Crippen molar-refractivity contribution in [2.75, 3.05) is 18.5 Å². The third kappa shape index (κ3) is 4.18. The standard InChI is InChI=1S/C19H19N5O4S2/c1-2-28-13-3-5-14(6-4-13)30(26,27)24-10-7-15-17(12-24)29-19(22-15)23-18(25)16-11-20-8-9-21-16/h3-6,8-9,11H,2,7,10,12H2,1H3,(H,22,23,25). The summed E-state index contributed by atoms with van der Waals surface area (Å²) in [5.41, 5.74) is 0.984. The molecule has 156 valence electrons. The molecule has 0 spiro atoms. The molecule has 1 amide bonds. The predicted molar refractivity (Wildman–Crippen MR) is 111 cm³/mol. The topological polar surface area (TPSA) is 114 Å². The number of hydrogen-bond donors (Lipinski definition) is 1. The van der Waals surface area contributed by atoms with Crippen LogP contribution < -0.4 is 10.1 Å². The highest BCUT2D eigenvalue weighted by atomic mass is 32.2. The normalized spacial score (nSPS) is 14.2. The summed E-state index contributed by atoms with van der Waals surface area (Å²) in [6, 6.07) is 6.40. The molecule has 0 saturated heterocycles. The van der Waals surface area contributed by atoms with Gasteiger partial charge in [-0.3, -0.25) is 15.1 Å². The molecule has 11 heteroatoms. The van der Waals surface area contributed by atoms with Gasteiger partial charge in [0.1, 0.15) is 11.4 Å². The number of hydrogen-bond acceptors (Lipinski definition) is 8. The minimum atomic E-state index is -3.64. The van der Waals surface area contributed by atoms with Crippen LogP contribution in [0, 0.1) is 0 Å². The second kappa shape index (κ2) is 8.46.